The Morgan fingerprint density at radius 2 is 1.80 bits per heavy atom. The lowest BCUT2D eigenvalue weighted by Gasteiger charge is -2.09. The average molecular weight is 330 g/mol. The SMILES string of the molecule is Cc1ccc(S(=O)(=O)Cc2ccc(Cl)cc2Cl)c(N)c1. The van der Waals surface area contributed by atoms with Crippen molar-refractivity contribution in [3.8, 4) is 0 Å². The third-order valence-electron chi connectivity index (χ3n) is 2.86. The van der Waals surface area contributed by atoms with Gasteiger partial charge < -0.3 is 5.73 Å². The number of anilines is 1. The van der Waals surface area contributed by atoms with Gasteiger partial charge in [-0.2, -0.15) is 0 Å². The van der Waals surface area contributed by atoms with Crippen LogP contribution in [0.25, 0.3) is 0 Å². The average Bonchev–Trinajstić information content (AvgIpc) is 2.32. The van der Waals surface area contributed by atoms with Crippen molar-refractivity contribution >= 4 is 38.7 Å². The molecule has 0 unspecified atom stereocenters. The lowest BCUT2D eigenvalue weighted by Crippen LogP contribution is -2.08. The van der Waals surface area contributed by atoms with E-state index in [4.69, 9.17) is 28.9 Å². The fraction of sp³-hybridized carbons (Fsp3) is 0.143. The number of hydrogen-bond acceptors (Lipinski definition) is 3. The largest absolute Gasteiger partial charge is 0.398 e. The smallest absolute Gasteiger partial charge is 0.184 e. The predicted molar refractivity (Wildman–Crippen MR) is 82.9 cm³/mol. The summed E-state index contributed by atoms with van der Waals surface area (Å²) in [5.74, 6) is -0.212. The third kappa shape index (κ3) is 3.26. The van der Waals surface area contributed by atoms with Gasteiger partial charge in [-0.1, -0.05) is 35.3 Å². The van der Waals surface area contributed by atoms with Crippen molar-refractivity contribution in [2.45, 2.75) is 17.6 Å². The highest BCUT2D eigenvalue weighted by molar-refractivity contribution is 7.90. The molecule has 2 N–H and O–H groups in total. The molecule has 0 aliphatic carbocycles. The van der Waals surface area contributed by atoms with Gasteiger partial charge in [0.2, 0.25) is 0 Å². The number of aryl methyl sites for hydroxylation is 1. The Kier molecular flexibility index (Phi) is 4.28. The molecule has 0 bridgehead atoms. The lowest BCUT2D eigenvalue weighted by molar-refractivity contribution is 0.595. The van der Waals surface area contributed by atoms with Gasteiger partial charge in [0, 0.05) is 10.0 Å². The number of rotatable bonds is 3. The van der Waals surface area contributed by atoms with Crippen molar-refractivity contribution in [3.63, 3.8) is 0 Å². The Balaban J connectivity index is 2.41. The molecule has 106 valence electrons. The molecule has 0 fully saturated rings. The summed E-state index contributed by atoms with van der Waals surface area (Å²) in [6, 6.07) is 9.60. The van der Waals surface area contributed by atoms with E-state index in [1.165, 1.54) is 12.1 Å². The van der Waals surface area contributed by atoms with Crippen LogP contribution in [0, 0.1) is 6.92 Å². The summed E-state index contributed by atoms with van der Waals surface area (Å²) >= 11 is 11.8. The van der Waals surface area contributed by atoms with Gasteiger partial charge in [-0.05, 0) is 42.3 Å². The quantitative estimate of drug-likeness (QED) is 0.870. The molecule has 0 aliphatic rings. The monoisotopic (exact) mass is 329 g/mol. The van der Waals surface area contributed by atoms with Gasteiger partial charge in [0.05, 0.1) is 16.3 Å². The highest BCUT2D eigenvalue weighted by atomic mass is 35.5. The molecule has 0 saturated heterocycles. The Morgan fingerprint density at radius 1 is 1.10 bits per heavy atom. The van der Waals surface area contributed by atoms with Gasteiger partial charge in [-0.3, -0.25) is 0 Å². The first-order chi connectivity index (χ1) is 9.29. The number of sulfone groups is 1. The van der Waals surface area contributed by atoms with Gasteiger partial charge in [-0.15, -0.1) is 0 Å². The second kappa shape index (κ2) is 5.64. The Labute approximate surface area is 128 Å². The highest BCUT2D eigenvalue weighted by Crippen LogP contribution is 2.27. The summed E-state index contributed by atoms with van der Waals surface area (Å²) < 4.78 is 24.8. The Hall–Kier alpha value is -1.23. The van der Waals surface area contributed by atoms with E-state index in [0.29, 0.717) is 15.6 Å². The predicted octanol–water partition coefficient (Wildman–Crippen LogP) is 3.86. The van der Waals surface area contributed by atoms with Crippen LogP contribution in [0.5, 0.6) is 0 Å². The summed E-state index contributed by atoms with van der Waals surface area (Å²) in [5, 5.41) is 0.790. The van der Waals surface area contributed by atoms with Crippen molar-refractivity contribution < 1.29 is 8.42 Å². The fourth-order valence-electron chi connectivity index (χ4n) is 1.87. The van der Waals surface area contributed by atoms with Gasteiger partial charge in [-0.25, -0.2) is 8.42 Å². The number of nitrogen functional groups attached to an aromatic ring is 1. The summed E-state index contributed by atoms with van der Waals surface area (Å²) in [6.45, 7) is 1.85. The first-order valence-corrected chi connectivity index (χ1v) is 8.23. The van der Waals surface area contributed by atoms with Crippen molar-refractivity contribution in [3.05, 3.63) is 57.6 Å². The van der Waals surface area contributed by atoms with Crippen molar-refractivity contribution in [1.29, 1.82) is 0 Å². The molecule has 3 nitrogen and oxygen atoms in total. The topological polar surface area (TPSA) is 60.2 Å². The Bertz CT molecular complexity index is 758. The molecule has 0 amide bonds. The zero-order valence-corrected chi connectivity index (χ0v) is 13.1. The van der Waals surface area contributed by atoms with E-state index in [9.17, 15) is 8.42 Å². The van der Waals surface area contributed by atoms with Crippen LogP contribution in [-0.4, -0.2) is 8.42 Å². The molecule has 0 saturated carbocycles. The molecule has 2 aromatic carbocycles. The maximum Gasteiger partial charge on any atom is 0.184 e. The van der Waals surface area contributed by atoms with E-state index in [-0.39, 0.29) is 16.3 Å². The first-order valence-electron chi connectivity index (χ1n) is 5.82. The molecule has 0 aliphatic heterocycles. The summed E-state index contributed by atoms with van der Waals surface area (Å²) in [7, 11) is -3.55. The van der Waals surface area contributed by atoms with E-state index < -0.39 is 9.84 Å². The van der Waals surface area contributed by atoms with Gasteiger partial charge in [0.1, 0.15) is 0 Å². The minimum Gasteiger partial charge on any atom is -0.398 e. The molecular weight excluding hydrogens is 317 g/mol. The summed E-state index contributed by atoms with van der Waals surface area (Å²) in [6.07, 6.45) is 0. The van der Waals surface area contributed by atoms with E-state index >= 15 is 0 Å². The minimum absolute atomic E-state index is 0.120. The van der Waals surface area contributed by atoms with Crippen LogP contribution in [0.2, 0.25) is 10.0 Å². The first kappa shape index (κ1) is 15.2. The van der Waals surface area contributed by atoms with Crippen LogP contribution in [0.3, 0.4) is 0 Å². The molecule has 6 heteroatoms. The maximum atomic E-state index is 12.4. The number of hydrogen-bond donors (Lipinski definition) is 1. The molecular formula is C14H13Cl2NO2S. The van der Waals surface area contributed by atoms with E-state index in [1.54, 1.807) is 24.3 Å². The van der Waals surface area contributed by atoms with Crippen LogP contribution in [0.4, 0.5) is 5.69 Å². The molecule has 0 radical (unpaired) electrons. The molecule has 20 heavy (non-hydrogen) atoms. The second-order valence-corrected chi connectivity index (χ2v) is 7.34. The van der Waals surface area contributed by atoms with E-state index in [1.807, 2.05) is 6.92 Å². The van der Waals surface area contributed by atoms with Gasteiger partial charge in [0.25, 0.3) is 0 Å². The van der Waals surface area contributed by atoms with Crippen LogP contribution in [-0.2, 0) is 15.6 Å². The maximum absolute atomic E-state index is 12.4. The summed E-state index contributed by atoms with van der Waals surface area (Å²) in [4.78, 5) is 0.120. The van der Waals surface area contributed by atoms with Gasteiger partial charge in [0.15, 0.2) is 9.84 Å². The van der Waals surface area contributed by atoms with Crippen LogP contribution in [0.15, 0.2) is 41.3 Å². The highest BCUT2D eigenvalue weighted by Gasteiger charge is 2.19. The normalized spacial score (nSPS) is 11.6. The number of halogens is 2. The third-order valence-corrected chi connectivity index (χ3v) is 5.18. The molecule has 0 heterocycles. The number of nitrogens with two attached hydrogens (primary N) is 1. The van der Waals surface area contributed by atoms with Gasteiger partial charge >= 0.3 is 0 Å². The lowest BCUT2D eigenvalue weighted by atomic mass is 10.2. The van der Waals surface area contributed by atoms with Crippen molar-refractivity contribution in [2.75, 3.05) is 5.73 Å². The van der Waals surface area contributed by atoms with Crippen molar-refractivity contribution in [2.24, 2.45) is 0 Å². The molecule has 2 aromatic rings. The van der Waals surface area contributed by atoms with E-state index in [0.717, 1.165) is 5.56 Å². The number of benzene rings is 2. The fourth-order valence-corrected chi connectivity index (χ4v) is 3.94. The van der Waals surface area contributed by atoms with Crippen LogP contribution >= 0.6 is 23.2 Å². The van der Waals surface area contributed by atoms with Crippen molar-refractivity contribution in [1.82, 2.24) is 0 Å². The minimum atomic E-state index is -3.55. The molecule has 2 rings (SSSR count). The molecule has 0 aromatic heterocycles. The van der Waals surface area contributed by atoms with E-state index in [2.05, 4.69) is 0 Å². The second-order valence-electron chi connectivity index (χ2n) is 4.54. The Morgan fingerprint density at radius 3 is 2.40 bits per heavy atom. The standard InChI is InChI=1S/C14H13Cl2NO2S/c1-9-2-5-14(13(17)6-9)20(18,19)8-10-3-4-11(15)7-12(10)16/h2-7H,8,17H2,1H3. The van der Waals surface area contributed by atoms with Crippen LogP contribution < -0.4 is 5.73 Å². The molecule has 0 spiro atoms. The van der Waals surface area contributed by atoms with Crippen LogP contribution in [0.1, 0.15) is 11.1 Å². The summed E-state index contributed by atoms with van der Waals surface area (Å²) in [5.41, 5.74) is 7.44. The zero-order chi connectivity index (χ0) is 14.9. The zero-order valence-electron chi connectivity index (χ0n) is 10.7. The molecule has 0 atom stereocenters.